The number of rotatable bonds is 2. The third-order valence-corrected chi connectivity index (χ3v) is 4.95. The summed E-state index contributed by atoms with van der Waals surface area (Å²) in [5.41, 5.74) is 10.3. The number of nitrogens with one attached hydrogen (secondary N) is 2. The summed E-state index contributed by atoms with van der Waals surface area (Å²) in [6.07, 6.45) is 1.93. The van der Waals surface area contributed by atoms with Gasteiger partial charge >= 0.3 is 0 Å². The van der Waals surface area contributed by atoms with Gasteiger partial charge in [0.25, 0.3) is 0 Å². The second kappa shape index (κ2) is 5.58. The predicted octanol–water partition coefficient (Wildman–Crippen LogP) is 4.70. The van der Waals surface area contributed by atoms with Crippen LogP contribution in [0.4, 0.5) is 0 Å². The van der Waals surface area contributed by atoms with Crippen LogP contribution in [0, 0.1) is 12.3 Å². The lowest BCUT2D eigenvalue weighted by atomic mass is 9.74. The van der Waals surface area contributed by atoms with E-state index >= 15 is 0 Å². The predicted molar refractivity (Wildman–Crippen MR) is 105 cm³/mol. The summed E-state index contributed by atoms with van der Waals surface area (Å²) in [5.74, 6) is 0. The summed E-state index contributed by atoms with van der Waals surface area (Å²) in [6.45, 7) is 10.9. The molecule has 1 aliphatic rings. The molecule has 2 N–H and O–H groups in total. The Kier molecular flexibility index (Phi) is 3.60. The van der Waals surface area contributed by atoms with Gasteiger partial charge in [0.05, 0.1) is 16.9 Å². The SMILES string of the molecule is Cc1nc2c(c3[nH]c4ccccc4c13)/C(=N\NC(C)C)CC(C)(C)C2. The lowest BCUT2D eigenvalue weighted by Crippen LogP contribution is -2.31. The molecule has 0 unspecified atom stereocenters. The van der Waals surface area contributed by atoms with Crippen molar-refractivity contribution in [3.63, 3.8) is 0 Å². The molecule has 0 fully saturated rings. The van der Waals surface area contributed by atoms with Crippen molar-refractivity contribution in [1.82, 2.24) is 15.4 Å². The van der Waals surface area contributed by atoms with Crippen LogP contribution in [0.2, 0.25) is 0 Å². The first-order valence-corrected chi connectivity index (χ1v) is 9.08. The second-order valence-corrected chi connectivity index (χ2v) is 8.30. The summed E-state index contributed by atoms with van der Waals surface area (Å²) >= 11 is 0. The number of hydrogen-bond acceptors (Lipinski definition) is 3. The molecule has 2 aromatic heterocycles. The average Bonchev–Trinajstić information content (AvgIpc) is 2.91. The quantitative estimate of drug-likeness (QED) is 0.668. The maximum atomic E-state index is 5.01. The lowest BCUT2D eigenvalue weighted by Gasteiger charge is -2.32. The molecule has 1 aliphatic carbocycles. The van der Waals surface area contributed by atoms with Crippen molar-refractivity contribution < 1.29 is 0 Å². The van der Waals surface area contributed by atoms with E-state index in [-0.39, 0.29) is 5.41 Å². The first-order chi connectivity index (χ1) is 11.9. The van der Waals surface area contributed by atoms with E-state index < -0.39 is 0 Å². The van der Waals surface area contributed by atoms with Crippen LogP contribution in [0.1, 0.15) is 51.1 Å². The third kappa shape index (κ3) is 2.70. The molecule has 25 heavy (non-hydrogen) atoms. The highest BCUT2D eigenvalue weighted by molar-refractivity contribution is 6.18. The van der Waals surface area contributed by atoms with Gasteiger partial charge < -0.3 is 10.4 Å². The first-order valence-electron chi connectivity index (χ1n) is 9.08. The minimum atomic E-state index is 0.170. The van der Waals surface area contributed by atoms with Crippen LogP contribution >= 0.6 is 0 Å². The van der Waals surface area contributed by atoms with Crippen molar-refractivity contribution in [2.75, 3.05) is 0 Å². The highest BCUT2D eigenvalue weighted by Gasteiger charge is 2.33. The molecule has 0 spiro atoms. The van der Waals surface area contributed by atoms with E-state index in [4.69, 9.17) is 10.1 Å². The Balaban J connectivity index is 2.05. The summed E-state index contributed by atoms with van der Waals surface area (Å²) in [7, 11) is 0. The van der Waals surface area contributed by atoms with Gasteiger partial charge in [0.15, 0.2) is 0 Å². The molecule has 0 saturated carbocycles. The number of pyridine rings is 1. The number of aromatic nitrogens is 2. The summed E-state index contributed by atoms with van der Waals surface area (Å²) in [6, 6.07) is 8.79. The molecule has 130 valence electrons. The minimum absolute atomic E-state index is 0.170. The molecule has 0 aliphatic heterocycles. The number of nitrogens with zero attached hydrogens (tertiary/aromatic N) is 2. The summed E-state index contributed by atoms with van der Waals surface area (Å²) < 4.78 is 0. The van der Waals surface area contributed by atoms with E-state index in [1.165, 1.54) is 21.9 Å². The van der Waals surface area contributed by atoms with Crippen molar-refractivity contribution >= 4 is 27.5 Å². The Bertz CT molecular complexity index is 992. The van der Waals surface area contributed by atoms with Crippen LogP contribution < -0.4 is 5.43 Å². The van der Waals surface area contributed by atoms with Gasteiger partial charge in [-0.3, -0.25) is 4.98 Å². The van der Waals surface area contributed by atoms with Gasteiger partial charge in [-0.2, -0.15) is 5.10 Å². The third-order valence-electron chi connectivity index (χ3n) is 4.95. The van der Waals surface area contributed by atoms with Crippen molar-refractivity contribution in [1.29, 1.82) is 0 Å². The smallest absolute Gasteiger partial charge is 0.0720 e. The molecule has 4 rings (SSSR count). The Hall–Kier alpha value is -2.36. The van der Waals surface area contributed by atoms with Crippen molar-refractivity contribution in [2.24, 2.45) is 10.5 Å². The Morgan fingerprint density at radius 1 is 1.20 bits per heavy atom. The zero-order chi connectivity index (χ0) is 17.8. The van der Waals surface area contributed by atoms with Gasteiger partial charge in [-0.25, -0.2) is 0 Å². The van der Waals surface area contributed by atoms with Crippen molar-refractivity contribution in [2.45, 2.75) is 53.5 Å². The van der Waals surface area contributed by atoms with E-state index in [0.29, 0.717) is 6.04 Å². The Labute approximate surface area is 148 Å². The van der Waals surface area contributed by atoms with Gasteiger partial charge in [-0.15, -0.1) is 0 Å². The van der Waals surface area contributed by atoms with E-state index in [1.807, 2.05) is 0 Å². The molecular weight excluding hydrogens is 308 g/mol. The van der Waals surface area contributed by atoms with Gasteiger partial charge in [-0.05, 0) is 45.1 Å². The normalized spacial score (nSPS) is 18.2. The molecule has 0 amide bonds. The van der Waals surface area contributed by atoms with Crippen LogP contribution in [0.25, 0.3) is 21.8 Å². The second-order valence-electron chi connectivity index (χ2n) is 8.30. The Morgan fingerprint density at radius 2 is 1.96 bits per heavy atom. The molecular formula is C21H26N4. The van der Waals surface area contributed by atoms with Crippen LogP contribution in [-0.2, 0) is 6.42 Å². The summed E-state index contributed by atoms with van der Waals surface area (Å²) in [5, 5.41) is 7.25. The molecule has 0 atom stereocenters. The fourth-order valence-electron chi connectivity index (χ4n) is 3.96. The molecule has 0 radical (unpaired) electrons. The van der Waals surface area contributed by atoms with Gasteiger partial charge in [0.1, 0.15) is 0 Å². The van der Waals surface area contributed by atoms with E-state index in [0.717, 1.165) is 35.5 Å². The molecule has 0 bridgehead atoms. The zero-order valence-electron chi connectivity index (χ0n) is 15.7. The van der Waals surface area contributed by atoms with Crippen LogP contribution in [0.5, 0.6) is 0 Å². The van der Waals surface area contributed by atoms with Crippen LogP contribution in [0.3, 0.4) is 0 Å². The number of hydrazone groups is 1. The average molecular weight is 334 g/mol. The molecule has 3 aromatic rings. The van der Waals surface area contributed by atoms with E-state index in [1.54, 1.807) is 0 Å². The number of aryl methyl sites for hydroxylation is 1. The standard InChI is InChI=1S/C21H26N4/c1-12(2)24-25-17-11-21(4,5)10-16-19(17)20-18(13(3)22-16)14-8-6-7-9-15(14)23-20/h6-9,12,23-24H,10-11H2,1-5H3/b25-17-. The molecule has 4 nitrogen and oxygen atoms in total. The molecule has 4 heteroatoms. The monoisotopic (exact) mass is 334 g/mol. The van der Waals surface area contributed by atoms with Gasteiger partial charge in [0, 0.05) is 33.6 Å². The number of fused-ring (bicyclic) bond motifs is 5. The van der Waals surface area contributed by atoms with Crippen LogP contribution in [0.15, 0.2) is 29.4 Å². The largest absolute Gasteiger partial charge is 0.354 e. The van der Waals surface area contributed by atoms with E-state index in [9.17, 15) is 0 Å². The number of aromatic amines is 1. The topological polar surface area (TPSA) is 53.1 Å². The number of H-pyrrole nitrogens is 1. The molecule has 2 heterocycles. The highest BCUT2D eigenvalue weighted by Crippen LogP contribution is 2.39. The number of benzene rings is 1. The van der Waals surface area contributed by atoms with Crippen molar-refractivity contribution in [3.8, 4) is 0 Å². The van der Waals surface area contributed by atoms with Gasteiger partial charge in [-0.1, -0.05) is 32.0 Å². The van der Waals surface area contributed by atoms with E-state index in [2.05, 4.69) is 69.3 Å². The maximum absolute atomic E-state index is 5.01. The van der Waals surface area contributed by atoms with Gasteiger partial charge in [0.2, 0.25) is 0 Å². The molecule has 0 saturated heterocycles. The maximum Gasteiger partial charge on any atom is 0.0720 e. The molecule has 1 aromatic carbocycles. The number of hydrogen-bond donors (Lipinski definition) is 2. The zero-order valence-corrected chi connectivity index (χ0v) is 15.7. The number of para-hydroxylation sites is 1. The highest BCUT2D eigenvalue weighted by atomic mass is 15.3. The van der Waals surface area contributed by atoms with Crippen molar-refractivity contribution in [3.05, 3.63) is 41.2 Å². The van der Waals surface area contributed by atoms with Crippen LogP contribution in [-0.4, -0.2) is 21.7 Å². The lowest BCUT2D eigenvalue weighted by molar-refractivity contribution is 0.366. The summed E-state index contributed by atoms with van der Waals surface area (Å²) in [4.78, 5) is 8.65. The first kappa shape index (κ1) is 16.1. The fraction of sp³-hybridized carbons (Fsp3) is 0.429. The fourth-order valence-corrected chi connectivity index (χ4v) is 3.96. The Morgan fingerprint density at radius 3 is 2.72 bits per heavy atom. The minimum Gasteiger partial charge on any atom is -0.354 e.